The van der Waals surface area contributed by atoms with E-state index in [1.54, 1.807) is 25.1 Å². The summed E-state index contributed by atoms with van der Waals surface area (Å²) < 4.78 is 15.2. The summed E-state index contributed by atoms with van der Waals surface area (Å²) in [6.07, 6.45) is 4.20. The Balaban J connectivity index is 2.06. The Morgan fingerprint density at radius 1 is 1.31 bits per heavy atom. The first-order chi connectivity index (χ1) is 12.5. The summed E-state index contributed by atoms with van der Waals surface area (Å²) in [5, 5.41) is 0. The van der Waals surface area contributed by atoms with Crippen molar-refractivity contribution in [3.8, 4) is 0 Å². The van der Waals surface area contributed by atoms with Crippen LogP contribution in [0.2, 0.25) is 0 Å². The highest BCUT2D eigenvalue weighted by Gasteiger charge is 2.28. The van der Waals surface area contributed by atoms with Crippen LogP contribution in [0.15, 0.2) is 24.3 Å². The molecule has 3 rings (SSSR count). The van der Waals surface area contributed by atoms with Gasteiger partial charge in [-0.1, -0.05) is 31.9 Å². The molecular formula is C20H25FN4O. The van der Waals surface area contributed by atoms with Gasteiger partial charge in [0.05, 0.1) is 11.6 Å². The van der Waals surface area contributed by atoms with Crippen molar-refractivity contribution in [2.24, 2.45) is 0 Å². The van der Waals surface area contributed by atoms with Crippen LogP contribution in [0.5, 0.6) is 0 Å². The van der Waals surface area contributed by atoms with Gasteiger partial charge in [0.2, 0.25) is 5.95 Å². The number of rotatable bonds is 4. The molecule has 0 bridgehead atoms. The number of carbonyl (C=O) groups is 1. The fourth-order valence-corrected chi connectivity index (χ4v) is 3.64. The molecule has 1 aromatic heterocycles. The fourth-order valence-electron chi connectivity index (χ4n) is 3.64. The van der Waals surface area contributed by atoms with Crippen LogP contribution in [-0.2, 0) is 0 Å². The number of nitrogens with two attached hydrogens (primary N) is 1. The van der Waals surface area contributed by atoms with E-state index in [-0.39, 0.29) is 29.8 Å². The largest absolute Gasteiger partial charge is 0.368 e. The summed E-state index contributed by atoms with van der Waals surface area (Å²) in [4.78, 5) is 22.7. The fraction of sp³-hybridized carbons (Fsp3) is 0.450. The highest BCUT2D eigenvalue weighted by Crippen LogP contribution is 2.35. The second-order valence-corrected chi connectivity index (χ2v) is 6.77. The lowest BCUT2D eigenvalue weighted by Gasteiger charge is -2.32. The number of nitrogen functional groups attached to an aromatic ring is 1. The van der Waals surface area contributed by atoms with Crippen LogP contribution in [0.3, 0.4) is 0 Å². The first kappa shape index (κ1) is 18.3. The molecule has 2 N–H and O–H groups in total. The Morgan fingerprint density at radius 3 is 2.85 bits per heavy atom. The quantitative estimate of drug-likeness (QED) is 0.831. The minimum atomic E-state index is -0.407. The molecule has 5 nitrogen and oxygen atoms in total. The molecule has 2 heterocycles. The summed E-state index contributed by atoms with van der Waals surface area (Å²) >= 11 is 0. The summed E-state index contributed by atoms with van der Waals surface area (Å²) in [5.41, 5.74) is 7.35. The zero-order valence-corrected chi connectivity index (χ0v) is 15.3. The van der Waals surface area contributed by atoms with Gasteiger partial charge < -0.3 is 10.6 Å². The summed E-state index contributed by atoms with van der Waals surface area (Å²) in [6.45, 7) is 4.39. The number of benzene rings is 1. The molecule has 138 valence electrons. The molecule has 0 spiro atoms. The van der Waals surface area contributed by atoms with Gasteiger partial charge in [-0.15, -0.1) is 0 Å². The predicted molar refractivity (Wildman–Crippen MR) is 101 cm³/mol. The van der Waals surface area contributed by atoms with Crippen LogP contribution in [-0.4, -0.2) is 22.3 Å². The van der Waals surface area contributed by atoms with Gasteiger partial charge in [-0.2, -0.15) is 4.98 Å². The van der Waals surface area contributed by atoms with Gasteiger partial charge in [-0.3, -0.25) is 4.79 Å². The molecule has 0 saturated carbocycles. The summed E-state index contributed by atoms with van der Waals surface area (Å²) in [6, 6.07) is 6.83. The maximum atomic E-state index is 15.2. The maximum absolute atomic E-state index is 15.2. The Bertz CT molecular complexity index is 788. The Kier molecular flexibility index (Phi) is 5.49. The highest BCUT2D eigenvalue weighted by atomic mass is 19.1. The van der Waals surface area contributed by atoms with Crippen LogP contribution < -0.4 is 10.6 Å². The number of nitrogens with zero attached hydrogens (tertiary/aromatic N) is 3. The van der Waals surface area contributed by atoms with Crippen LogP contribution in [0, 0.1) is 12.7 Å². The van der Waals surface area contributed by atoms with E-state index in [0.29, 0.717) is 11.4 Å². The van der Waals surface area contributed by atoms with Crippen molar-refractivity contribution in [1.29, 1.82) is 0 Å². The normalized spacial score (nSPS) is 17.8. The molecule has 0 amide bonds. The molecule has 1 atom stereocenters. The zero-order valence-electron chi connectivity index (χ0n) is 15.3. The molecule has 1 unspecified atom stereocenters. The highest BCUT2D eigenvalue weighted by molar-refractivity contribution is 5.96. The van der Waals surface area contributed by atoms with Crippen LogP contribution in [0.25, 0.3) is 0 Å². The van der Waals surface area contributed by atoms with Gasteiger partial charge in [0.25, 0.3) is 0 Å². The van der Waals surface area contributed by atoms with E-state index < -0.39 is 5.82 Å². The van der Waals surface area contributed by atoms with Gasteiger partial charge in [0.1, 0.15) is 11.6 Å². The van der Waals surface area contributed by atoms with Crippen molar-refractivity contribution < 1.29 is 9.18 Å². The second kappa shape index (κ2) is 7.81. The van der Waals surface area contributed by atoms with Gasteiger partial charge in [-0.05, 0) is 25.8 Å². The SMILES string of the molecule is CCC(=O)c1cccc(C2CCCCCN2c2cc(C)nc(N)n2)c1F. The van der Waals surface area contributed by atoms with Crippen molar-refractivity contribution >= 4 is 17.5 Å². The molecular weight excluding hydrogens is 331 g/mol. The Labute approximate surface area is 153 Å². The molecule has 1 aliphatic rings. The first-order valence-corrected chi connectivity index (χ1v) is 9.20. The lowest BCUT2D eigenvalue weighted by Crippen LogP contribution is -2.30. The van der Waals surface area contributed by atoms with Crippen molar-refractivity contribution in [1.82, 2.24) is 9.97 Å². The molecule has 2 aromatic rings. The number of carbonyl (C=O) groups excluding carboxylic acids is 1. The number of aryl methyl sites for hydroxylation is 1. The van der Waals surface area contributed by atoms with Crippen molar-refractivity contribution in [3.05, 3.63) is 46.9 Å². The topological polar surface area (TPSA) is 72.1 Å². The van der Waals surface area contributed by atoms with Crippen LogP contribution in [0.1, 0.15) is 66.7 Å². The first-order valence-electron chi connectivity index (χ1n) is 9.20. The van der Waals surface area contributed by atoms with E-state index in [1.165, 1.54) is 0 Å². The molecule has 0 radical (unpaired) electrons. The number of hydrogen-bond donors (Lipinski definition) is 1. The smallest absolute Gasteiger partial charge is 0.222 e. The average molecular weight is 356 g/mol. The van der Waals surface area contributed by atoms with E-state index in [1.807, 2.05) is 13.0 Å². The number of aromatic nitrogens is 2. The van der Waals surface area contributed by atoms with Crippen molar-refractivity contribution in [2.45, 2.75) is 52.0 Å². The molecule has 26 heavy (non-hydrogen) atoms. The molecule has 1 aliphatic heterocycles. The van der Waals surface area contributed by atoms with E-state index >= 15 is 4.39 Å². The lowest BCUT2D eigenvalue weighted by molar-refractivity contribution is 0.0984. The standard InChI is InChI=1S/C20H25FN4O/c1-3-17(26)15-9-7-8-14(19(15)21)16-10-5-4-6-11-25(16)18-12-13(2)23-20(22)24-18/h7-9,12,16H,3-6,10-11H2,1-2H3,(H2,22,23,24). The van der Waals surface area contributed by atoms with Crippen molar-refractivity contribution in [3.63, 3.8) is 0 Å². The molecule has 1 aromatic carbocycles. The predicted octanol–water partition coefficient (Wildman–Crippen LogP) is 4.22. The Morgan fingerprint density at radius 2 is 2.12 bits per heavy atom. The van der Waals surface area contributed by atoms with Crippen LogP contribution in [0.4, 0.5) is 16.2 Å². The monoisotopic (exact) mass is 356 g/mol. The van der Waals surface area contributed by atoms with Crippen molar-refractivity contribution in [2.75, 3.05) is 17.2 Å². The van der Waals surface area contributed by atoms with Gasteiger partial charge in [0, 0.05) is 30.3 Å². The second-order valence-electron chi connectivity index (χ2n) is 6.77. The van der Waals surface area contributed by atoms with Gasteiger partial charge in [0.15, 0.2) is 5.78 Å². The lowest BCUT2D eigenvalue weighted by atomic mass is 9.96. The number of anilines is 2. The maximum Gasteiger partial charge on any atom is 0.222 e. The van der Waals surface area contributed by atoms with E-state index in [4.69, 9.17) is 5.73 Å². The third-order valence-corrected chi connectivity index (χ3v) is 4.91. The number of ketones is 1. The third kappa shape index (κ3) is 3.69. The molecule has 1 saturated heterocycles. The number of Topliss-reactive ketones (excluding diaryl/α,β-unsaturated/α-hetero) is 1. The molecule has 1 fully saturated rings. The van der Waals surface area contributed by atoms with E-state index in [9.17, 15) is 4.79 Å². The number of hydrogen-bond acceptors (Lipinski definition) is 5. The van der Waals surface area contributed by atoms with Gasteiger partial charge >= 0.3 is 0 Å². The number of halogens is 1. The van der Waals surface area contributed by atoms with Crippen LogP contribution >= 0.6 is 0 Å². The molecule has 6 heteroatoms. The Hall–Kier alpha value is -2.50. The minimum Gasteiger partial charge on any atom is -0.368 e. The average Bonchev–Trinajstić information content (AvgIpc) is 2.86. The zero-order chi connectivity index (χ0) is 18.7. The molecule has 0 aliphatic carbocycles. The van der Waals surface area contributed by atoms with E-state index in [2.05, 4.69) is 14.9 Å². The third-order valence-electron chi connectivity index (χ3n) is 4.91. The van der Waals surface area contributed by atoms with E-state index in [0.717, 1.165) is 37.9 Å². The summed E-state index contributed by atoms with van der Waals surface area (Å²) in [5.74, 6) is 0.355. The van der Waals surface area contributed by atoms with Gasteiger partial charge in [-0.25, -0.2) is 9.37 Å². The minimum absolute atomic E-state index is 0.171. The summed E-state index contributed by atoms with van der Waals surface area (Å²) in [7, 11) is 0.